The van der Waals surface area contributed by atoms with Gasteiger partial charge in [-0.25, -0.2) is 9.97 Å². The monoisotopic (exact) mass is 236 g/mol. The van der Waals surface area contributed by atoms with E-state index in [1.807, 2.05) is 14.0 Å². The predicted molar refractivity (Wildman–Crippen MR) is 67.1 cm³/mol. The second-order valence-corrected chi connectivity index (χ2v) is 4.40. The Balaban J connectivity index is 2.21. The van der Waals surface area contributed by atoms with Crippen LogP contribution in [-0.4, -0.2) is 36.7 Å². The van der Waals surface area contributed by atoms with E-state index in [1.165, 1.54) is 0 Å². The maximum absolute atomic E-state index is 5.51. The van der Waals surface area contributed by atoms with Crippen molar-refractivity contribution >= 4 is 5.95 Å². The average Bonchev–Trinajstić information content (AvgIpc) is 2.36. The standard InChI is InChI=1S/C12H20N4O/c1-9-10-8-17-7-4-11(10)15-12(14-9)16(2)6-3-5-13/h3-8,13H2,1-2H3. The lowest BCUT2D eigenvalue weighted by atomic mass is 10.1. The maximum Gasteiger partial charge on any atom is 0.225 e. The van der Waals surface area contributed by atoms with Crippen molar-refractivity contribution in [3.63, 3.8) is 0 Å². The summed E-state index contributed by atoms with van der Waals surface area (Å²) >= 11 is 0. The summed E-state index contributed by atoms with van der Waals surface area (Å²) in [6.45, 7) is 5.02. The molecule has 2 rings (SSSR count). The normalized spacial score (nSPS) is 14.5. The summed E-state index contributed by atoms with van der Waals surface area (Å²) in [4.78, 5) is 11.2. The molecule has 1 aromatic heterocycles. The first-order valence-electron chi connectivity index (χ1n) is 6.07. The van der Waals surface area contributed by atoms with Crippen LogP contribution in [0.2, 0.25) is 0 Å². The Morgan fingerprint density at radius 3 is 3.00 bits per heavy atom. The number of aromatic nitrogens is 2. The van der Waals surface area contributed by atoms with Crippen LogP contribution in [0.25, 0.3) is 0 Å². The minimum atomic E-state index is 0.647. The predicted octanol–water partition coefficient (Wildman–Crippen LogP) is 0.643. The zero-order valence-corrected chi connectivity index (χ0v) is 10.6. The fraction of sp³-hybridized carbons (Fsp3) is 0.667. The van der Waals surface area contributed by atoms with Crippen LogP contribution in [0.1, 0.15) is 23.4 Å². The third-order valence-electron chi connectivity index (χ3n) is 3.06. The number of nitrogens with zero attached hydrogens (tertiary/aromatic N) is 3. The molecule has 0 saturated carbocycles. The van der Waals surface area contributed by atoms with E-state index in [1.54, 1.807) is 0 Å². The van der Waals surface area contributed by atoms with Gasteiger partial charge in [-0.15, -0.1) is 0 Å². The molecule has 0 radical (unpaired) electrons. The van der Waals surface area contributed by atoms with Crippen LogP contribution in [0.15, 0.2) is 0 Å². The van der Waals surface area contributed by atoms with Gasteiger partial charge in [0.1, 0.15) is 0 Å². The van der Waals surface area contributed by atoms with E-state index in [9.17, 15) is 0 Å². The highest BCUT2D eigenvalue weighted by atomic mass is 16.5. The fourth-order valence-electron chi connectivity index (χ4n) is 1.98. The minimum absolute atomic E-state index is 0.647. The highest BCUT2D eigenvalue weighted by Crippen LogP contribution is 2.20. The van der Waals surface area contributed by atoms with E-state index < -0.39 is 0 Å². The molecule has 1 aliphatic rings. The molecule has 2 heterocycles. The lowest BCUT2D eigenvalue weighted by Crippen LogP contribution is -2.25. The van der Waals surface area contributed by atoms with Gasteiger partial charge in [0.25, 0.3) is 0 Å². The number of hydrogen-bond acceptors (Lipinski definition) is 5. The highest BCUT2D eigenvalue weighted by molar-refractivity contribution is 5.36. The van der Waals surface area contributed by atoms with Crippen LogP contribution in [0.3, 0.4) is 0 Å². The maximum atomic E-state index is 5.51. The third-order valence-corrected chi connectivity index (χ3v) is 3.06. The van der Waals surface area contributed by atoms with Gasteiger partial charge >= 0.3 is 0 Å². The number of rotatable bonds is 4. The van der Waals surface area contributed by atoms with Gasteiger partial charge in [0, 0.05) is 31.3 Å². The van der Waals surface area contributed by atoms with Gasteiger partial charge in [0.05, 0.1) is 18.9 Å². The number of nitrogens with two attached hydrogens (primary N) is 1. The van der Waals surface area contributed by atoms with Crippen molar-refractivity contribution in [3.8, 4) is 0 Å². The Labute approximate surface area is 102 Å². The fourth-order valence-corrected chi connectivity index (χ4v) is 1.98. The van der Waals surface area contributed by atoms with Crippen LogP contribution >= 0.6 is 0 Å². The zero-order chi connectivity index (χ0) is 12.3. The minimum Gasteiger partial charge on any atom is -0.376 e. The van der Waals surface area contributed by atoms with Crippen LogP contribution < -0.4 is 10.6 Å². The van der Waals surface area contributed by atoms with Gasteiger partial charge in [0.2, 0.25) is 5.95 Å². The van der Waals surface area contributed by atoms with E-state index in [-0.39, 0.29) is 0 Å². The molecule has 0 atom stereocenters. The Morgan fingerprint density at radius 2 is 2.24 bits per heavy atom. The van der Waals surface area contributed by atoms with Crippen LogP contribution in [0.4, 0.5) is 5.95 Å². The molecule has 0 saturated heterocycles. The van der Waals surface area contributed by atoms with Gasteiger partial charge in [-0.3, -0.25) is 0 Å². The smallest absolute Gasteiger partial charge is 0.225 e. The van der Waals surface area contributed by atoms with Crippen LogP contribution in [0.5, 0.6) is 0 Å². The molecule has 94 valence electrons. The summed E-state index contributed by atoms with van der Waals surface area (Å²) in [6, 6.07) is 0. The zero-order valence-electron chi connectivity index (χ0n) is 10.6. The molecule has 0 aromatic carbocycles. The molecule has 0 amide bonds. The molecule has 17 heavy (non-hydrogen) atoms. The van der Waals surface area contributed by atoms with E-state index in [2.05, 4.69) is 14.9 Å². The van der Waals surface area contributed by atoms with E-state index in [0.717, 1.165) is 48.9 Å². The van der Waals surface area contributed by atoms with Crippen molar-refractivity contribution in [2.75, 3.05) is 31.6 Å². The first-order chi connectivity index (χ1) is 8.22. The van der Waals surface area contributed by atoms with Crippen LogP contribution in [-0.2, 0) is 17.8 Å². The average molecular weight is 236 g/mol. The number of aryl methyl sites for hydroxylation is 1. The van der Waals surface area contributed by atoms with E-state index >= 15 is 0 Å². The quantitative estimate of drug-likeness (QED) is 0.831. The van der Waals surface area contributed by atoms with Gasteiger partial charge < -0.3 is 15.4 Å². The number of hydrogen-bond donors (Lipinski definition) is 1. The van der Waals surface area contributed by atoms with Gasteiger partial charge in [0.15, 0.2) is 0 Å². The van der Waals surface area contributed by atoms with Gasteiger partial charge in [-0.1, -0.05) is 0 Å². The molecule has 1 aliphatic heterocycles. The molecular weight excluding hydrogens is 216 g/mol. The van der Waals surface area contributed by atoms with Crippen molar-refractivity contribution < 1.29 is 4.74 Å². The summed E-state index contributed by atoms with van der Waals surface area (Å²) in [5.41, 5.74) is 8.84. The molecule has 0 unspecified atom stereocenters. The topological polar surface area (TPSA) is 64.3 Å². The SMILES string of the molecule is Cc1nc(N(C)CCCN)nc2c1COCC2. The Morgan fingerprint density at radius 1 is 1.41 bits per heavy atom. The third kappa shape index (κ3) is 2.73. The molecule has 1 aromatic rings. The lowest BCUT2D eigenvalue weighted by Gasteiger charge is -2.22. The molecule has 0 spiro atoms. The summed E-state index contributed by atoms with van der Waals surface area (Å²) in [6.07, 6.45) is 1.84. The first-order valence-corrected chi connectivity index (χ1v) is 6.07. The van der Waals surface area contributed by atoms with Crippen LogP contribution in [0, 0.1) is 6.92 Å². The Kier molecular flexibility index (Phi) is 3.91. The van der Waals surface area contributed by atoms with E-state index in [4.69, 9.17) is 10.5 Å². The van der Waals surface area contributed by atoms with Gasteiger partial charge in [-0.05, 0) is 19.9 Å². The number of ether oxygens (including phenoxy) is 1. The summed E-state index contributed by atoms with van der Waals surface area (Å²) in [5.74, 6) is 0.802. The molecule has 5 heteroatoms. The lowest BCUT2D eigenvalue weighted by molar-refractivity contribution is 0.108. The Bertz CT molecular complexity index is 394. The molecule has 2 N–H and O–H groups in total. The second kappa shape index (κ2) is 5.42. The largest absolute Gasteiger partial charge is 0.376 e. The van der Waals surface area contributed by atoms with E-state index in [0.29, 0.717) is 13.2 Å². The van der Waals surface area contributed by atoms with Crippen molar-refractivity contribution in [2.24, 2.45) is 5.73 Å². The van der Waals surface area contributed by atoms with Crippen molar-refractivity contribution in [1.82, 2.24) is 9.97 Å². The number of fused-ring (bicyclic) bond motifs is 1. The molecule has 0 fully saturated rings. The first kappa shape index (κ1) is 12.3. The molecule has 0 bridgehead atoms. The molecular formula is C12H20N4O. The van der Waals surface area contributed by atoms with Crippen molar-refractivity contribution in [2.45, 2.75) is 26.4 Å². The summed E-state index contributed by atoms with van der Waals surface area (Å²) in [7, 11) is 2.01. The van der Waals surface area contributed by atoms with Gasteiger partial charge in [-0.2, -0.15) is 0 Å². The highest BCUT2D eigenvalue weighted by Gasteiger charge is 2.17. The molecule has 5 nitrogen and oxygen atoms in total. The molecule has 0 aliphatic carbocycles. The summed E-state index contributed by atoms with van der Waals surface area (Å²) < 4.78 is 5.43. The van der Waals surface area contributed by atoms with Crippen molar-refractivity contribution in [3.05, 3.63) is 17.0 Å². The number of anilines is 1. The second-order valence-electron chi connectivity index (χ2n) is 4.40. The Hall–Kier alpha value is -1.20. The summed E-state index contributed by atoms with van der Waals surface area (Å²) in [5, 5.41) is 0. The van der Waals surface area contributed by atoms with Crippen molar-refractivity contribution in [1.29, 1.82) is 0 Å².